The highest BCUT2D eigenvalue weighted by molar-refractivity contribution is 6.33. The zero-order chi connectivity index (χ0) is 30.6. The van der Waals surface area contributed by atoms with Crippen LogP contribution >= 0.6 is 11.6 Å². The Hall–Kier alpha value is -3.79. The number of hydrogen-bond donors (Lipinski definition) is 1. The lowest BCUT2D eigenvalue weighted by atomic mass is 9.94. The first-order valence-corrected chi connectivity index (χ1v) is 14.9. The van der Waals surface area contributed by atoms with Crippen molar-refractivity contribution in [3.8, 4) is 11.3 Å². The molecule has 1 aromatic heterocycles. The number of epoxide rings is 1. The molecule has 1 amide bonds. The number of hydrogen-bond acceptors (Lipinski definition) is 7. The number of pyridine rings is 1. The number of ether oxygens (including phenoxy) is 1. The van der Waals surface area contributed by atoms with Crippen LogP contribution in [0.1, 0.15) is 48.9 Å². The summed E-state index contributed by atoms with van der Waals surface area (Å²) in [4.78, 5) is 28.5. The molecular weight excluding hydrogens is 569 g/mol. The number of aliphatic hydroxyl groups excluding tert-OH is 1. The first kappa shape index (κ1) is 29.3. The Morgan fingerprint density at radius 3 is 2.67 bits per heavy atom. The predicted octanol–water partition coefficient (Wildman–Crippen LogP) is 5.76. The molecule has 6 rings (SSSR count). The largest absolute Gasteiger partial charge is 0.392 e. The summed E-state index contributed by atoms with van der Waals surface area (Å²) < 4.78 is 21.3. The molecule has 2 aromatic carbocycles. The van der Waals surface area contributed by atoms with Crippen LogP contribution in [0.4, 0.5) is 15.9 Å². The zero-order valence-corrected chi connectivity index (χ0v) is 25.5. The number of aryl methyl sites for hydroxylation is 1. The third-order valence-electron chi connectivity index (χ3n) is 8.33. The Morgan fingerprint density at radius 2 is 2.00 bits per heavy atom. The highest BCUT2D eigenvalue weighted by Crippen LogP contribution is 2.48. The van der Waals surface area contributed by atoms with Gasteiger partial charge in [-0.2, -0.15) is 0 Å². The molecule has 3 aliphatic rings. The van der Waals surface area contributed by atoms with Crippen LogP contribution in [0, 0.1) is 12.7 Å². The van der Waals surface area contributed by atoms with Gasteiger partial charge in [-0.15, -0.1) is 0 Å². The fraction of sp³-hybridized carbons (Fsp3) is 0.364. The molecule has 8 nitrogen and oxygen atoms in total. The maximum Gasteiger partial charge on any atom is 0.246 e. The lowest BCUT2D eigenvalue weighted by Crippen LogP contribution is -2.55. The van der Waals surface area contributed by atoms with Gasteiger partial charge in [0.1, 0.15) is 17.5 Å². The minimum absolute atomic E-state index is 0.0604. The fourth-order valence-corrected chi connectivity index (χ4v) is 6.42. The normalized spacial score (nSPS) is 21.3. The van der Waals surface area contributed by atoms with E-state index in [1.54, 1.807) is 23.1 Å². The molecule has 2 fully saturated rings. The lowest BCUT2D eigenvalue weighted by Gasteiger charge is -2.41. The fourth-order valence-electron chi connectivity index (χ4n) is 6.17. The molecule has 3 atom stereocenters. The summed E-state index contributed by atoms with van der Waals surface area (Å²) in [6.07, 6.45) is 0.441. The Kier molecular flexibility index (Phi) is 7.75. The Bertz CT molecular complexity index is 1640. The third kappa shape index (κ3) is 5.19. The zero-order valence-electron chi connectivity index (χ0n) is 24.7. The van der Waals surface area contributed by atoms with Crippen molar-refractivity contribution in [1.82, 2.24) is 14.8 Å². The number of piperazine rings is 1. The topological polar surface area (TPSA) is 84.8 Å². The number of aliphatic imine (C=N–C) groups is 1. The Balaban J connectivity index is 1.56. The molecule has 0 aliphatic carbocycles. The smallest absolute Gasteiger partial charge is 0.246 e. The minimum atomic E-state index is -0.461. The van der Waals surface area contributed by atoms with Gasteiger partial charge in [0.15, 0.2) is 12.5 Å². The van der Waals surface area contributed by atoms with Crippen molar-refractivity contribution in [3.05, 3.63) is 88.2 Å². The van der Waals surface area contributed by atoms with E-state index in [1.807, 2.05) is 25.1 Å². The Labute approximate surface area is 256 Å². The van der Waals surface area contributed by atoms with Crippen LogP contribution in [0.15, 0.2) is 60.1 Å². The van der Waals surface area contributed by atoms with E-state index in [0.717, 1.165) is 22.4 Å². The maximum atomic E-state index is 15.1. The van der Waals surface area contributed by atoms with E-state index in [0.29, 0.717) is 53.1 Å². The summed E-state index contributed by atoms with van der Waals surface area (Å²) in [6.45, 7) is 13.4. The number of amidine groups is 1. The number of aliphatic hydroxyl groups is 1. The van der Waals surface area contributed by atoms with Crippen molar-refractivity contribution in [1.29, 1.82) is 0 Å². The monoisotopic (exact) mass is 603 g/mol. The number of fused-ring (bicyclic) bond motifs is 2. The van der Waals surface area contributed by atoms with Crippen LogP contribution in [0.3, 0.4) is 0 Å². The van der Waals surface area contributed by atoms with Crippen LogP contribution in [-0.4, -0.2) is 69.8 Å². The van der Waals surface area contributed by atoms with Crippen LogP contribution in [0.2, 0.25) is 5.02 Å². The molecule has 10 heteroatoms. The molecular formula is C33H35ClFN5O3. The molecule has 224 valence electrons. The highest BCUT2D eigenvalue weighted by atomic mass is 35.5. The molecule has 43 heavy (non-hydrogen) atoms. The van der Waals surface area contributed by atoms with Gasteiger partial charge in [-0.3, -0.25) is 9.69 Å². The second-order valence-corrected chi connectivity index (χ2v) is 12.0. The molecule has 2 saturated heterocycles. The van der Waals surface area contributed by atoms with E-state index in [2.05, 4.69) is 37.1 Å². The molecule has 1 N–H and O–H groups in total. The summed E-state index contributed by atoms with van der Waals surface area (Å²) in [7, 11) is 0. The van der Waals surface area contributed by atoms with Gasteiger partial charge in [0.25, 0.3) is 0 Å². The van der Waals surface area contributed by atoms with Crippen molar-refractivity contribution in [2.75, 3.05) is 24.5 Å². The van der Waals surface area contributed by atoms with Gasteiger partial charge in [-0.1, -0.05) is 56.3 Å². The number of nitrogens with zero attached hydrogens (tertiary/aromatic N) is 5. The standard InChI is InChI=1S/C33H35ClFN5O3/c1-6-27(42)38-11-12-39(20(5)16-38)30-24-15-25(34)28(22-9-7-8-10-26(22)35)36-31(24)40(33-32(37-30)43-33)29-19(4)13-21(17-41)14-23(29)18(2)3/h6-10,13-15,18,20,32-33,41H,1,11-12,16-17H2,2-5H3/t20-,32?,33?/m0/s1. The SMILES string of the molecule is C=CC(=O)N1CCN(C2=NC3OC3N(c3c(C)cc(CO)cc3C(C)C)c3nc(-c4ccccc4F)c(Cl)cc32)[C@@H](C)C1. The van der Waals surface area contributed by atoms with E-state index >= 15 is 4.39 Å². The Morgan fingerprint density at radius 1 is 1.23 bits per heavy atom. The van der Waals surface area contributed by atoms with Crippen LogP contribution in [0.25, 0.3) is 11.3 Å². The van der Waals surface area contributed by atoms with Gasteiger partial charge in [-0.25, -0.2) is 14.4 Å². The molecule has 3 aliphatic heterocycles. The van der Waals surface area contributed by atoms with Gasteiger partial charge >= 0.3 is 0 Å². The number of aromatic nitrogens is 1. The number of anilines is 2. The van der Waals surface area contributed by atoms with Gasteiger partial charge in [0.05, 0.1) is 28.6 Å². The van der Waals surface area contributed by atoms with Gasteiger partial charge in [0, 0.05) is 31.2 Å². The van der Waals surface area contributed by atoms with Crippen LogP contribution in [0.5, 0.6) is 0 Å². The van der Waals surface area contributed by atoms with Gasteiger partial charge in [0.2, 0.25) is 5.91 Å². The first-order chi connectivity index (χ1) is 20.6. The minimum Gasteiger partial charge on any atom is -0.392 e. The molecule has 0 saturated carbocycles. The van der Waals surface area contributed by atoms with Gasteiger partial charge < -0.3 is 19.6 Å². The van der Waals surface area contributed by atoms with Crippen molar-refractivity contribution in [3.63, 3.8) is 0 Å². The summed E-state index contributed by atoms with van der Waals surface area (Å²) in [5.74, 6) is 0.833. The van der Waals surface area contributed by atoms with Crippen molar-refractivity contribution >= 4 is 34.8 Å². The summed E-state index contributed by atoms with van der Waals surface area (Å²) in [5, 5.41) is 10.3. The third-order valence-corrected chi connectivity index (χ3v) is 8.61. The first-order valence-electron chi connectivity index (χ1n) is 14.5. The van der Waals surface area contributed by atoms with E-state index in [4.69, 9.17) is 26.3 Å². The predicted molar refractivity (Wildman–Crippen MR) is 166 cm³/mol. The average molecular weight is 604 g/mol. The quantitative estimate of drug-likeness (QED) is 0.295. The van der Waals surface area contributed by atoms with E-state index < -0.39 is 18.3 Å². The molecule has 2 unspecified atom stereocenters. The average Bonchev–Trinajstić information content (AvgIpc) is 3.76. The maximum absolute atomic E-state index is 15.1. The molecule has 0 bridgehead atoms. The van der Waals surface area contributed by atoms with E-state index in [9.17, 15) is 9.90 Å². The summed E-state index contributed by atoms with van der Waals surface area (Å²) in [6, 6.07) is 12.2. The molecule has 0 spiro atoms. The molecule has 3 aromatic rings. The lowest BCUT2D eigenvalue weighted by molar-refractivity contribution is -0.128. The summed E-state index contributed by atoms with van der Waals surface area (Å²) in [5.41, 5.74) is 5.05. The number of halogens is 2. The second kappa shape index (κ2) is 11.4. The molecule has 4 heterocycles. The number of carbonyl (C=O) groups is 1. The van der Waals surface area contributed by atoms with Crippen LogP contribution in [-0.2, 0) is 16.1 Å². The summed E-state index contributed by atoms with van der Waals surface area (Å²) >= 11 is 6.89. The number of carbonyl (C=O) groups excluding carboxylic acids is 1. The number of amides is 1. The van der Waals surface area contributed by atoms with Gasteiger partial charge in [-0.05, 0) is 60.7 Å². The van der Waals surface area contributed by atoms with Crippen molar-refractivity contribution in [2.24, 2.45) is 4.99 Å². The second-order valence-electron chi connectivity index (χ2n) is 11.6. The number of benzene rings is 2. The number of rotatable bonds is 5. The van der Waals surface area contributed by atoms with Crippen LogP contribution < -0.4 is 4.90 Å². The van der Waals surface area contributed by atoms with E-state index in [-0.39, 0.29) is 24.5 Å². The van der Waals surface area contributed by atoms with Crippen molar-refractivity contribution < 1.29 is 19.0 Å². The highest BCUT2D eigenvalue weighted by Gasteiger charge is 2.51. The molecule has 0 radical (unpaired) electrons. The van der Waals surface area contributed by atoms with Crippen molar-refractivity contribution in [2.45, 2.75) is 58.7 Å². The van der Waals surface area contributed by atoms with E-state index in [1.165, 1.54) is 12.1 Å².